The van der Waals surface area contributed by atoms with Crippen LogP contribution in [0.5, 0.6) is 0 Å². The Bertz CT molecular complexity index is 1010. The highest BCUT2D eigenvalue weighted by molar-refractivity contribution is 9.10. The van der Waals surface area contributed by atoms with Gasteiger partial charge in [-0.25, -0.2) is 8.42 Å². The van der Waals surface area contributed by atoms with Crippen LogP contribution >= 0.6 is 15.9 Å². The zero-order chi connectivity index (χ0) is 16.2. The van der Waals surface area contributed by atoms with Crippen LogP contribution in [0.1, 0.15) is 11.1 Å². The topological polar surface area (TPSA) is 53.2 Å². The normalized spacial score (nSPS) is 14.4. The quantitative estimate of drug-likeness (QED) is 0.718. The number of sulfonamides is 1. The second-order valence-corrected chi connectivity index (χ2v) is 8.49. The summed E-state index contributed by atoms with van der Waals surface area (Å²) in [4.78, 5) is 3.57. The Morgan fingerprint density at radius 3 is 2.61 bits per heavy atom. The minimum atomic E-state index is -3.55. The third-order valence-corrected chi connectivity index (χ3v) is 6.79. The van der Waals surface area contributed by atoms with E-state index in [1.165, 1.54) is 4.31 Å². The average Bonchev–Trinajstić information content (AvgIpc) is 2.97. The second kappa shape index (κ2) is 5.11. The summed E-state index contributed by atoms with van der Waals surface area (Å²) in [6, 6.07) is 10.8. The van der Waals surface area contributed by atoms with Gasteiger partial charge in [0, 0.05) is 22.6 Å². The summed E-state index contributed by atoms with van der Waals surface area (Å²) in [6.45, 7) is 2.40. The van der Waals surface area contributed by atoms with Crippen molar-refractivity contribution in [3.8, 4) is 0 Å². The lowest BCUT2D eigenvalue weighted by molar-refractivity contribution is 0.590. The predicted octanol–water partition coefficient (Wildman–Crippen LogP) is 3.99. The molecule has 6 heteroatoms. The van der Waals surface area contributed by atoms with Crippen molar-refractivity contribution >= 4 is 42.5 Å². The molecule has 1 aliphatic rings. The first-order valence-electron chi connectivity index (χ1n) is 7.36. The van der Waals surface area contributed by atoms with Crippen LogP contribution in [0.15, 0.2) is 52.0 Å². The van der Waals surface area contributed by atoms with Gasteiger partial charge in [-0.1, -0.05) is 17.7 Å². The molecule has 1 N–H and O–H groups in total. The molecule has 0 amide bonds. The zero-order valence-corrected chi connectivity index (χ0v) is 14.9. The van der Waals surface area contributed by atoms with Crippen molar-refractivity contribution in [3.05, 3.63) is 58.2 Å². The molecule has 1 aromatic heterocycles. The van der Waals surface area contributed by atoms with Gasteiger partial charge in [0.25, 0.3) is 10.0 Å². The van der Waals surface area contributed by atoms with Crippen LogP contribution in [0.2, 0.25) is 0 Å². The van der Waals surface area contributed by atoms with Gasteiger partial charge in [-0.2, -0.15) is 0 Å². The van der Waals surface area contributed by atoms with Crippen LogP contribution in [-0.2, 0) is 16.4 Å². The molecular formula is C17H15BrN2O2S. The third-order valence-electron chi connectivity index (χ3n) is 4.31. The minimum Gasteiger partial charge on any atom is -0.360 e. The molecular weight excluding hydrogens is 376 g/mol. The first-order valence-corrected chi connectivity index (χ1v) is 9.59. The highest BCUT2D eigenvalue weighted by atomic mass is 79.9. The summed E-state index contributed by atoms with van der Waals surface area (Å²) in [6.07, 6.45) is 2.67. The van der Waals surface area contributed by atoms with Crippen LogP contribution in [-0.4, -0.2) is 19.9 Å². The van der Waals surface area contributed by atoms with Crippen molar-refractivity contribution < 1.29 is 8.42 Å². The van der Waals surface area contributed by atoms with Gasteiger partial charge in [-0.15, -0.1) is 0 Å². The van der Waals surface area contributed by atoms with Crippen LogP contribution in [0.3, 0.4) is 0 Å². The largest absolute Gasteiger partial charge is 0.360 e. The highest BCUT2D eigenvalue weighted by Crippen LogP contribution is 2.39. The van der Waals surface area contributed by atoms with E-state index >= 15 is 0 Å². The molecule has 0 atom stereocenters. The summed E-state index contributed by atoms with van der Waals surface area (Å²) >= 11 is 3.52. The Morgan fingerprint density at radius 1 is 1.13 bits per heavy atom. The molecule has 118 valence electrons. The number of H-pyrrole nitrogens is 1. The van der Waals surface area contributed by atoms with Gasteiger partial charge in [-0.3, -0.25) is 4.31 Å². The maximum absolute atomic E-state index is 13.1. The number of halogens is 1. The van der Waals surface area contributed by atoms with Gasteiger partial charge in [0.15, 0.2) is 0 Å². The van der Waals surface area contributed by atoms with Gasteiger partial charge in [0.1, 0.15) is 0 Å². The Kier molecular flexibility index (Phi) is 3.28. The van der Waals surface area contributed by atoms with Crippen molar-refractivity contribution in [1.82, 2.24) is 4.98 Å². The minimum absolute atomic E-state index is 0.332. The fraction of sp³-hybridized carbons (Fsp3) is 0.176. The number of anilines is 1. The van der Waals surface area contributed by atoms with Gasteiger partial charge in [0.2, 0.25) is 0 Å². The Hall–Kier alpha value is -1.79. The number of aromatic nitrogens is 1. The van der Waals surface area contributed by atoms with E-state index in [4.69, 9.17) is 0 Å². The lowest BCUT2D eigenvalue weighted by atomic mass is 10.1. The highest BCUT2D eigenvalue weighted by Gasteiger charge is 2.30. The molecule has 1 aliphatic heterocycles. The molecule has 0 saturated heterocycles. The smallest absolute Gasteiger partial charge is 0.264 e. The van der Waals surface area contributed by atoms with Gasteiger partial charge in [0.05, 0.1) is 16.1 Å². The van der Waals surface area contributed by atoms with Crippen LogP contribution < -0.4 is 4.31 Å². The predicted molar refractivity (Wildman–Crippen MR) is 95.4 cm³/mol. The van der Waals surface area contributed by atoms with Crippen molar-refractivity contribution in [2.75, 3.05) is 10.8 Å². The zero-order valence-electron chi connectivity index (χ0n) is 12.5. The van der Waals surface area contributed by atoms with Crippen LogP contribution in [0.4, 0.5) is 5.69 Å². The maximum Gasteiger partial charge on any atom is 0.264 e. The summed E-state index contributed by atoms with van der Waals surface area (Å²) in [5.41, 5.74) is 3.89. The van der Waals surface area contributed by atoms with E-state index in [1.807, 2.05) is 37.4 Å². The molecule has 0 spiro atoms. The molecule has 4 rings (SSSR count). The molecule has 0 radical (unpaired) electrons. The first-order chi connectivity index (χ1) is 11.0. The summed E-state index contributed by atoms with van der Waals surface area (Å²) in [5, 5.41) is 0.987. The lowest BCUT2D eigenvalue weighted by Crippen LogP contribution is -2.35. The second-order valence-electron chi connectivity index (χ2n) is 5.77. The van der Waals surface area contributed by atoms with Gasteiger partial charge in [-0.05, 0) is 59.1 Å². The molecule has 4 nitrogen and oxygen atoms in total. The summed E-state index contributed by atoms with van der Waals surface area (Å²) < 4.78 is 28.6. The SMILES string of the molecule is Cc1ccc(S(=O)(=O)N2CCc3c[nH]c4c(Br)ccc2c34)cc1. The van der Waals surface area contributed by atoms with Gasteiger partial charge < -0.3 is 4.98 Å². The molecule has 23 heavy (non-hydrogen) atoms. The van der Waals surface area contributed by atoms with E-state index < -0.39 is 10.0 Å². The molecule has 2 heterocycles. The Labute approximate surface area is 143 Å². The van der Waals surface area contributed by atoms with Crippen LogP contribution in [0, 0.1) is 6.92 Å². The Balaban J connectivity index is 1.91. The summed E-state index contributed by atoms with van der Waals surface area (Å²) in [5.74, 6) is 0. The van der Waals surface area contributed by atoms with Gasteiger partial charge >= 0.3 is 0 Å². The molecule has 0 bridgehead atoms. The number of aryl methyl sites for hydroxylation is 1. The number of benzene rings is 2. The van der Waals surface area contributed by atoms with E-state index in [0.29, 0.717) is 17.9 Å². The fourth-order valence-electron chi connectivity index (χ4n) is 3.10. The number of rotatable bonds is 2. The Morgan fingerprint density at radius 2 is 1.87 bits per heavy atom. The van der Waals surface area contributed by atoms with E-state index in [2.05, 4.69) is 20.9 Å². The summed E-state index contributed by atoms with van der Waals surface area (Å²) in [7, 11) is -3.55. The van der Waals surface area contributed by atoms with E-state index in [1.54, 1.807) is 12.1 Å². The van der Waals surface area contributed by atoms with E-state index in [9.17, 15) is 8.42 Å². The number of hydrogen-bond acceptors (Lipinski definition) is 2. The molecule has 3 aromatic rings. The monoisotopic (exact) mass is 390 g/mol. The first kappa shape index (κ1) is 14.8. The number of hydrogen-bond donors (Lipinski definition) is 1. The molecule has 0 saturated carbocycles. The van der Waals surface area contributed by atoms with E-state index in [0.717, 1.165) is 32.2 Å². The average molecular weight is 391 g/mol. The molecule has 0 fully saturated rings. The fourth-order valence-corrected chi connectivity index (χ4v) is 5.02. The third kappa shape index (κ3) is 2.20. The molecule has 2 aromatic carbocycles. The van der Waals surface area contributed by atoms with Crippen LogP contribution in [0.25, 0.3) is 10.9 Å². The van der Waals surface area contributed by atoms with Crippen molar-refractivity contribution in [1.29, 1.82) is 0 Å². The number of aromatic amines is 1. The van der Waals surface area contributed by atoms with E-state index in [-0.39, 0.29) is 0 Å². The maximum atomic E-state index is 13.1. The lowest BCUT2D eigenvalue weighted by Gasteiger charge is -2.29. The standard InChI is InChI=1S/C17H15BrN2O2S/c1-11-2-4-13(5-3-11)23(21,22)20-9-8-12-10-19-17-14(18)6-7-15(20)16(12)17/h2-7,10,19H,8-9H2,1H3. The number of nitrogens with one attached hydrogen (secondary N) is 1. The van der Waals surface area contributed by atoms with Crippen molar-refractivity contribution in [2.45, 2.75) is 18.2 Å². The molecule has 0 aliphatic carbocycles. The van der Waals surface area contributed by atoms with Crippen molar-refractivity contribution in [3.63, 3.8) is 0 Å². The molecule has 0 unspecified atom stereocenters. The number of nitrogens with zero attached hydrogens (tertiary/aromatic N) is 1. The van der Waals surface area contributed by atoms with Crippen molar-refractivity contribution in [2.24, 2.45) is 0 Å².